The maximum Gasteiger partial charge on any atom is 0.302 e. The van der Waals surface area contributed by atoms with Gasteiger partial charge in [0.15, 0.2) is 0 Å². The highest BCUT2D eigenvalue weighted by molar-refractivity contribution is 5.65. The van der Waals surface area contributed by atoms with E-state index >= 15 is 0 Å². The van der Waals surface area contributed by atoms with Crippen molar-refractivity contribution in [3.63, 3.8) is 0 Å². The third kappa shape index (κ3) is 16.8. The lowest BCUT2D eigenvalue weighted by molar-refractivity contribution is -0.141. The second kappa shape index (κ2) is 15.9. The zero-order chi connectivity index (χ0) is 14.9. The minimum Gasteiger partial charge on any atom is -0.466 e. The summed E-state index contributed by atoms with van der Waals surface area (Å²) >= 11 is 0. The molecular weight excluding hydrogens is 252 g/mol. The number of hydrogen-bond acceptors (Lipinski definition) is 3. The molecule has 0 aliphatic rings. The van der Waals surface area contributed by atoms with E-state index in [0.717, 1.165) is 32.3 Å². The van der Waals surface area contributed by atoms with Gasteiger partial charge >= 0.3 is 5.97 Å². The molecular formula is C17H30O3. The molecule has 3 nitrogen and oxygen atoms in total. The molecule has 0 unspecified atom stereocenters. The Morgan fingerprint density at radius 1 is 0.900 bits per heavy atom. The van der Waals surface area contributed by atoms with Gasteiger partial charge in [-0.15, -0.1) is 0 Å². The normalized spacial score (nSPS) is 9.70. The fourth-order valence-corrected chi connectivity index (χ4v) is 1.85. The van der Waals surface area contributed by atoms with Gasteiger partial charge in [-0.25, -0.2) is 0 Å². The maximum absolute atomic E-state index is 10.5. The van der Waals surface area contributed by atoms with Crippen molar-refractivity contribution in [1.82, 2.24) is 0 Å². The fraction of sp³-hybridized carbons (Fsp3) is 0.824. The van der Waals surface area contributed by atoms with Gasteiger partial charge in [0.2, 0.25) is 0 Å². The summed E-state index contributed by atoms with van der Waals surface area (Å²) in [7, 11) is 0. The first-order chi connectivity index (χ1) is 9.77. The van der Waals surface area contributed by atoms with Crippen molar-refractivity contribution < 1.29 is 14.3 Å². The molecule has 0 aliphatic carbocycles. The molecule has 0 aliphatic heterocycles. The van der Waals surface area contributed by atoms with Crippen LogP contribution in [0.3, 0.4) is 0 Å². The predicted octanol–water partition coefficient (Wildman–Crippen LogP) is 4.45. The molecule has 0 aromatic heterocycles. The quantitative estimate of drug-likeness (QED) is 0.301. The molecule has 0 amide bonds. The molecule has 0 aromatic carbocycles. The Bertz CT molecular complexity index is 276. The summed E-state index contributed by atoms with van der Waals surface area (Å²) in [6, 6.07) is 0. The van der Waals surface area contributed by atoms with Crippen LogP contribution in [-0.4, -0.2) is 19.2 Å². The van der Waals surface area contributed by atoms with Crippen LogP contribution < -0.4 is 0 Å². The van der Waals surface area contributed by atoms with E-state index in [4.69, 9.17) is 9.47 Å². The van der Waals surface area contributed by atoms with Gasteiger partial charge in [0, 0.05) is 13.3 Å². The zero-order valence-electron chi connectivity index (χ0n) is 13.2. The summed E-state index contributed by atoms with van der Waals surface area (Å²) in [5.41, 5.74) is 0. The predicted molar refractivity (Wildman–Crippen MR) is 82.2 cm³/mol. The van der Waals surface area contributed by atoms with Crippen LogP contribution in [0, 0.1) is 12.0 Å². The van der Waals surface area contributed by atoms with E-state index in [0.29, 0.717) is 6.61 Å². The average molecular weight is 282 g/mol. The monoisotopic (exact) mass is 282 g/mol. The number of unbranched alkanes of at least 4 members (excludes halogenated alkanes) is 8. The van der Waals surface area contributed by atoms with Crippen LogP contribution >= 0.6 is 0 Å². The van der Waals surface area contributed by atoms with Gasteiger partial charge < -0.3 is 9.47 Å². The lowest BCUT2D eigenvalue weighted by atomic mass is 10.1. The summed E-state index contributed by atoms with van der Waals surface area (Å²) in [4.78, 5) is 10.5. The van der Waals surface area contributed by atoms with E-state index in [1.54, 1.807) is 0 Å². The molecule has 0 radical (unpaired) electrons. The van der Waals surface area contributed by atoms with Gasteiger partial charge in [-0.05, 0) is 19.3 Å². The molecule has 20 heavy (non-hydrogen) atoms. The number of ether oxygens (including phenoxy) is 2. The number of rotatable bonds is 12. The van der Waals surface area contributed by atoms with Gasteiger partial charge in [-0.3, -0.25) is 4.79 Å². The van der Waals surface area contributed by atoms with Gasteiger partial charge in [0.1, 0.15) is 6.11 Å². The Labute approximate surface area is 124 Å². The van der Waals surface area contributed by atoms with Crippen LogP contribution in [-0.2, 0) is 14.3 Å². The highest BCUT2D eigenvalue weighted by Gasteiger charge is 1.94. The van der Waals surface area contributed by atoms with Crippen molar-refractivity contribution in [1.29, 1.82) is 0 Å². The van der Waals surface area contributed by atoms with Crippen molar-refractivity contribution in [3.05, 3.63) is 0 Å². The minimum absolute atomic E-state index is 0.173. The van der Waals surface area contributed by atoms with Gasteiger partial charge in [-0.1, -0.05) is 51.4 Å². The summed E-state index contributed by atoms with van der Waals surface area (Å²) in [5, 5.41) is 0. The molecule has 0 spiro atoms. The highest BCUT2D eigenvalue weighted by Crippen LogP contribution is 2.09. The minimum atomic E-state index is -0.173. The first-order valence-corrected chi connectivity index (χ1v) is 8.00. The molecule has 0 saturated heterocycles. The first-order valence-electron chi connectivity index (χ1n) is 8.00. The van der Waals surface area contributed by atoms with Gasteiger partial charge in [0.25, 0.3) is 0 Å². The molecule has 0 N–H and O–H groups in total. The van der Waals surface area contributed by atoms with Crippen LogP contribution in [0.4, 0.5) is 0 Å². The van der Waals surface area contributed by atoms with Crippen molar-refractivity contribution in [2.24, 2.45) is 0 Å². The van der Waals surface area contributed by atoms with Crippen molar-refractivity contribution in [2.75, 3.05) is 13.2 Å². The number of carbonyl (C=O) groups excluding carboxylic acids is 1. The Balaban J connectivity index is 3.05. The van der Waals surface area contributed by atoms with Crippen LogP contribution in [0.1, 0.15) is 78.1 Å². The third-order valence-electron chi connectivity index (χ3n) is 2.95. The second-order valence-corrected chi connectivity index (χ2v) is 5.05. The molecule has 0 aromatic rings. The molecule has 0 rings (SSSR count). The van der Waals surface area contributed by atoms with Crippen LogP contribution in [0.25, 0.3) is 0 Å². The summed E-state index contributed by atoms with van der Waals surface area (Å²) in [6.07, 6.45) is 14.4. The summed E-state index contributed by atoms with van der Waals surface area (Å²) in [6.45, 7) is 4.86. The smallest absolute Gasteiger partial charge is 0.302 e. The van der Waals surface area contributed by atoms with E-state index in [1.807, 2.05) is 0 Å². The van der Waals surface area contributed by atoms with Crippen LogP contribution in [0.5, 0.6) is 0 Å². The summed E-state index contributed by atoms with van der Waals surface area (Å²) < 4.78 is 9.98. The fourth-order valence-electron chi connectivity index (χ4n) is 1.85. The van der Waals surface area contributed by atoms with Crippen molar-refractivity contribution in [3.8, 4) is 12.0 Å². The van der Waals surface area contributed by atoms with E-state index in [9.17, 15) is 4.79 Å². The molecule has 0 atom stereocenters. The molecule has 0 bridgehead atoms. The highest BCUT2D eigenvalue weighted by atomic mass is 16.5. The first kappa shape index (κ1) is 18.8. The van der Waals surface area contributed by atoms with E-state index in [1.165, 1.54) is 45.4 Å². The molecule has 116 valence electrons. The van der Waals surface area contributed by atoms with E-state index in [2.05, 4.69) is 19.0 Å². The number of carbonyl (C=O) groups is 1. The Morgan fingerprint density at radius 2 is 1.50 bits per heavy atom. The lowest BCUT2D eigenvalue weighted by Gasteiger charge is -2.02. The van der Waals surface area contributed by atoms with E-state index < -0.39 is 0 Å². The Morgan fingerprint density at radius 3 is 2.10 bits per heavy atom. The lowest BCUT2D eigenvalue weighted by Crippen LogP contribution is -2.00. The molecule has 0 saturated carbocycles. The van der Waals surface area contributed by atoms with Crippen molar-refractivity contribution >= 4 is 5.97 Å². The zero-order valence-corrected chi connectivity index (χ0v) is 13.2. The third-order valence-corrected chi connectivity index (χ3v) is 2.95. The van der Waals surface area contributed by atoms with Gasteiger partial charge in [-0.2, -0.15) is 0 Å². The molecule has 3 heteroatoms. The number of esters is 1. The Kier molecular flexibility index (Phi) is 15.0. The topological polar surface area (TPSA) is 35.5 Å². The SMILES string of the molecule is CCCOC#CCCCCCCCCCCOC(C)=O. The molecule has 0 heterocycles. The van der Waals surface area contributed by atoms with Crippen molar-refractivity contribution in [2.45, 2.75) is 78.1 Å². The largest absolute Gasteiger partial charge is 0.466 e. The Hall–Kier alpha value is -1.17. The van der Waals surface area contributed by atoms with Crippen LogP contribution in [0.15, 0.2) is 0 Å². The maximum atomic E-state index is 10.5. The average Bonchev–Trinajstić information content (AvgIpc) is 2.43. The standard InChI is InChI=1S/C17H30O3/c1-3-14-19-15-12-10-8-6-4-5-7-9-11-13-16-20-17(2)18/h3-11,13-14,16H2,1-2H3. The molecule has 0 fully saturated rings. The number of hydrogen-bond donors (Lipinski definition) is 0. The van der Waals surface area contributed by atoms with Crippen LogP contribution in [0.2, 0.25) is 0 Å². The van der Waals surface area contributed by atoms with E-state index in [-0.39, 0.29) is 5.97 Å². The van der Waals surface area contributed by atoms with Gasteiger partial charge in [0.05, 0.1) is 13.2 Å². The summed E-state index contributed by atoms with van der Waals surface area (Å²) in [5.74, 6) is 2.87. The second-order valence-electron chi connectivity index (χ2n) is 5.05.